The van der Waals surface area contributed by atoms with Crippen LogP contribution in [0.3, 0.4) is 0 Å². The third-order valence-corrected chi connectivity index (χ3v) is 3.59. The van der Waals surface area contributed by atoms with Gasteiger partial charge in [-0.3, -0.25) is 4.79 Å². The van der Waals surface area contributed by atoms with Gasteiger partial charge in [-0.1, -0.05) is 13.3 Å². The zero-order valence-electron chi connectivity index (χ0n) is 11.0. The third kappa shape index (κ3) is 3.19. The summed E-state index contributed by atoms with van der Waals surface area (Å²) in [6.45, 7) is 7.10. The highest BCUT2D eigenvalue weighted by molar-refractivity contribution is 5.83. The predicted molar refractivity (Wildman–Crippen MR) is 67.3 cm³/mol. The quantitative estimate of drug-likeness (QED) is 0.762. The second-order valence-corrected chi connectivity index (χ2v) is 4.75. The Morgan fingerprint density at radius 1 is 1.53 bits per heavy atom. The van der Waals surface area contributed by atoms with E-state index in [1.165, 1.54) is 0 Å². The monoisotopic (exact) mass is 237 g/mol. The van der Waals surface area contributed by atoms with Crippen LogP contribution in [0.5, 0.6) is 0 Å². The van der Waals surface area contributed by atoms with E-state index in [9.17, 15) is 4.79 Å². The standard InChI is InChI=1S/C13H23N3O/c1-3-6-13(7-9-15-11-13)12(17)16(4-2)10-5-8-14/h15H,3-7,9-11H2,1-2H3. The zero-order chi connectivity index (χ0) is 12.7. The molecule has 1 amide bonds. The molecule has 1 fully saturated rings. The van der Waals surface area contributed by atoms with Crippen LogP contribution in [-0.4, -0.2) is 37.0 Å². The highest BCUT2D eigenvalue weighted by Crippen LogP contribution is 2.33. The van der Waals surface area contributed by atoms with Crippen LogP contribution in [0.15, 0.2) is 0 Å². The first-order valence-electron chi connectivity index (χ1n) is 6.57. The van der Waals surface area contributed by atoms with Crippen molar-refractivity contribution in [2.24, 2.45) is 5.41 Å². The van der Waals surface area contributed by atoms with Gasteiger partial charge in [-0.15, -0.1) is 0 Å². The molecule has 0 aliphatic carbocycles. The minimum Gasteiger partial charge on any atom is -0.341 e. The number of nitriles is 1. The van der Waals surface area contributed by atoms with Crippen LogP contribution in [0.25, 0.3) is 0 Å². The number of nitrogens with one attached hydrogen (secondary N) is 1. The maximum absolute atomic E-state index is 12.6. The van der Waals surface area contributed by atoms with E-state index in [0.717, 1.165) is 32.4 Å². The Morgan fingerprint density at radius 2 is 2.29 bits per heavy atom. The fourth-order valence-electron chi connectivity index (χ4n) is 2.65. The lowest BCUT2D eigenvalue weighted by atomic mass is 9.81. The normalized spacial score (nSPS) is 23.4. The number of hydrogen-bond donors (Lipinski definition) is 1. The molecule has 96 valence electrons. The first kappa shape index (κ1) is 14.0. The smallest absolute Gasteiger partial charge is 0.230 e. The molecule has 0 radical (unpaired) electrons. The molecule has 4 nitrogen and oxygen atoms in total. The fourth-order valence-corrected chi connectivity index (χ4v) is 2.65. The number of carbonyl (C=O) groups excluding carboxylic acids is 1. The minimum atomic E-state index is -0.208. The molecule has 1 aliphatic rings. The third-order valence-electron chi connectivity index (χ3n) is 3.59. The molecule has 0 bridgehead atoms. The Labute approximate surface area is 104 Å². The first-order chi connectivity index (χ1) is 8.20. The molecular weight excluding hydrogens is 214 g/mol. The maximum atomic E-state index is 12.6. The summed E-state index contributed by atoms with van der Waals surface area (Å²) in [5.41, 5.74) is -0.208. The Bertz CT molecular complexity index is 290. The summed E-state index contributed by atoms with van der Waals surface area (Å²) in [7, 11) is 0. The highest BCUT2D eigenvalue weighted by Gasteiger charge is 2.42. The molecule has 17 heavy (non-hydrogen) atoms. The number of nitrogens with zero attached hydrogens (tertiary/aromatic N) is 2. The van der Waals surface area contributed by atoms with Crippen molar-refractivity contribution >= 4 is 5.91 Å². The fraction of sp³-hybridized carbons (Fsp3) is 0.846. The van der Waals surface area contributed by atoms with Gasteiger partial charge in [0.2, 0.25) is 5.91 Å². The predicted octanol–water partition coefficient (Wildman–Crippen LogP) is 1.53. The molecule has 4 heteroatoms. The molecule has 1 rings (SSSR count). The Morgan fingerprint density at radius 3 is 2.76 bits per heavy atom. The molecular formula is C13H23N3O. The van der Waals surface area contributed by atoms with Gasteiger partial charge < -0.3 is 10.2 Å². The van der Waals surface area contributed by atoms with Crippen LogP contribution in [-0.2, 0) is 4.79 Å². The van der Waals surface area contributed by atoms with Gasteiger partial charge in [-0.05, 0) is 26.3 Å². The average molecular weight is 237 g/mol. The van der Waals surface area contributed by atoms with E-state index in [1.54, 1.807) is 0 Å². The lowest BCUT2D eigenvalue weighted by Crippen LogP contribution is -2.45. The van der Waals surface area contributed by atoms with Gasteiger partial charge in [-0.25, -0.2) is 0 Å². The van der Waals surface area contributed by atoms with Crippen molar-refractivity contribution in [1.29, 1.82) is 5.26 Å². The van der Waals surface area contributed by atoms with Gasteiger partial charge in [-0.2, -0.15) is 5.26 Å². The van der Waals surface area contributed by atoms with Crippen molar-refractivity contribution in [3.05, 3.63) is 0 Å². The lowest BCUT2D eigenvalue weighted by Gasteiger charge is -2.33. The molecule has 0 spiro atoms. The second kappa shape index (κ2) is 6.61. The summed E-state index contributed by atoms with van der Waals surface area (Å²) in [5, 5.41) is 11.9. The van der Waals surface area contributed by atoms with Crippen molar-refractivity contribution in [1.82, 2.24) is 10.2 Å². The topological polar surface area (TPSA) is 56.1 Å². The number of hydrogen-bond acceptors (Lipinski definition) is 3. The lowest BCUT2D eigenvalue weighted by molar-refractivity contribution is -0.141. The largest absolute Gasteiger partial charge is 0.341 e. The van der Waals surface area contributed by atoms with E-state index < -0.39 is 0 Å². The maximum Gasteiger partial charge on any atom is 0.230 e. The Kier molecular flexibility index (Phi) is 5.43. The molecule has 1 N–H and O–H groups in total. The van der Waals surface area contributed by atoms with Crippen LogP contribution in [0, 0.1) is 16.7 Å². The Balaban J connectivity index is 2.72. The second-order valence-electron chi connectivity index (χ2n) is 4.75. The molecule has 1 atom stereocenters. The van der Waals surface area contributed by atoms with Crippen molar-refractivity contribution in [2.45, 2.75) is 39.5 Å². The SMILES string of the molecule is CCCC1(C(=O)N(CC)CCC#N)CCNC1. The minimum absolute atomic E-state index is 0.208. The summed E-state index contributed by atoms with van der Waals surface area (Å²) in [6.07, 6.45) is 3.34. The van der Waals surface area contributed by atoms with Crippen LogP contribution in [0.2, 0.25) is 0 Å². The van der Waals surface area contributed by atoms with Gasteiger partial charge in [0.05, 0.1) is 17.9 Å². The molecule has 0 aromatic rings. The number of rotatable bonds is 6. The zero-order valence-corrected chi connectivity index (χ0v) is 11.0. The van der Waals surface area contributed by atoms with E-state index >= 15 is 0 Å². The van der Waals surface area contributed by atoms with Gasteiger partial charge >= 0.3 is 0 Å². The summed E-state index contributed by atoms with van der Waals surface area (Å²) in [6, 6.07) is 2.11. The van der Waals surface area contributed by atoms with E-state index in [1.807, 2.05) is 11.8 Å². The van der Waals surface area contributed by atoms with E-state index in [0.29, 0.717) is 19.5 Å². The Hall–Kier alpha value is -1.08. The van der Waals surface area contributed by atoms with Crippen LogP contribution in [0.1, 0.15) is 39.5 Å². The van der Waals surface area contributed by atoms with Gasteiger partial charge in [0.25, 0.3) is 0 Å². The molecule has 0 aromatic carbocycles. The molecule has 1 unspecified atom stereocenters. The average Bonchev–Trinajstić information content (AvgIpc) is 2.80. The van der Waals surface area contributed by atoms with Crippen molar-refractivity contribution in [3.63, 3.8) is 0 Å². The van der Waals surface area contributed by atoms with Crippen molar-refractivity contribution in [3.8, 4) is 6.07 Å². The highest BCUT2D eigenvalue weighted by atomic mass is 16.2. The van der Waals surface area contributed by atoms with Crippen molar-refractivity contribution in [2.75, 3.05) is 26.2 Å². The molecule has 0 saturated carbocycles. The van der Waals surface area contributed by atoms with Crippen LogP contribution < -0.4 is 5.32 Å². The summed E-state index contributed by atoms with van der Waals surface area (Å²) in [4.78, 5) is 14.4. The molecule has 1 saturated heterocycles. The molecule has 0 aromatic heterocycles. The number of carbonyl (C=O) groups is 1. The summed E-state index contributed by atoms with van der Waals surface area (Å²) < 4.78 is 0. The van der Waals surface area contributed by atoms with E-state index in [-0.39, 0.29) is 11.3 Å². The van der Waals surface area contributed by atoms with Gasteiger partial charge in [0, 0.05) is 19.6 Å². The van der Waals surface area contributed by atoms with Crippen LogP contribution in [0.4, 0.5) is 0 Å². The summed E-state index contributed by atoms with van der Waals surface area (Å²) >= 11 is 0. The number of amides is 1. The van der Waals surface area contributed by atoms with E-state index in [4.69, 9.17) is 5.26 Å². The first-order valence-corrected chi connectivity index (χ1v) is 6.57. The van der Waals surface area contributed by atoms with E-state index in [2.05, 4.69) is 18.3 Å². The van der Waals surface area contributed by atoms with Gasteiger partial charge in [0.1, 0.15) is 0 Å². The molecule has 1 aliphatic heterocycles. The van der Waals surface area contributed by atoms with Gasteiger partial charge in [0.15, 0.2) is 0 Å². The van der Waals surface area contributed by atoms with Crippen molar-refractivity contribution < 1.29 is 4.79 Å². The molecule has 1 heterocycles. The van der Waals surface area contributed by atoms with Crippen LogP contribution >= 0.6 is 0 Å². The summed E-state index contributed by atoms with van der Waals surface area (Å²) in [5.74, 6) is 0.238.